The molecule has 0 saturated carbocycles. The van der Waals surface area contributed by atoms with Gasteiger partial charge in [-0.15, -0.1) is 11.8 Å². The number of benzene rings is 1. The van der Waals surface area contributed by atoms with Gasteiger partial charge in [0.1, 0.15) is 12.6 Å². The zero-order chi connectivity index (χ0) is 19.5. The first-order valence-corrected chi connectivity index (χ1v) is 10.9. The Morgan fingerprint density at radius 3 is 2.38 bits per heavy atom. The van der Waals surface area contributed by atoms with Crippen LogP contribution in [-0.2, 0) is 10.5 Å². The molecule has 1 aliphatic rings. The van der Waals surface area contributed by atoms with E-state index in [1.165, 1.54) is 11.1 Å². The van der Waals surface area contributed by atoms with Crippen LogP contribution in [0, 0.1) is 5.92 Å². The van der Waals surface area contributed by atoms with Crippen molar-refractivity contribution in [3.05, 3.63) is 35.4 Å². The molecule has 4 atom stereocenters. The lowest BCUT2D eigenvalue weighted by Crippen LogP contribution is -2.60. The van der Waals surface area contributed by atoms with Gasteiger partial charge in [-0.1, -0.05) is 38.1 Å². The highest BCUT2D eigenvalue weighted by atomic mass is 32.2. The number of thiol groups is 1. The summed E-state index contributed by atoms with van der Waals surface area (Å²) in [4.78, 5) is 24.8. The van der Waals surface area contributed by atoms with E-state index < -0.39 is 10.6 Å². The number of rotatable bonds is 6. The van der Waals surface area contributed by atoms with Gasteiger partial charge in [0.05, 0.1) is 11.2 Å². The Morgan fingerprint density at radius 2 is 1.88 bits per heavy atom. The summed E-state index contributed by atoms with van der Waals surface area (Å²) in [6.07, 6.45) is -0.285. The third-order valence-electron chi connectivity index (χ3n) is 5.41. The van der Waals surface area contributed by atoms with E-state index in [9.17, 15) is 14.7 Å². The Bertz CT molecular complexity index is 647. The molecule has 1 heterocycles. The molecule has 2 amide bonds. The van der Waals surface area contributed by atoms with Crippen LogP contribution in [0.2, 0.25) is 0 Å². The Kier molecular flexibility index (Phi) is 7.22. The maximum Gasteiger partial charge on any atom is 0.521 e. The van der Waals surface area contributed by atoms with Crippen molar-refractivity contribution in [3.63, 3.8) is 0 Å². The summed E-state index contributed by atoms with van der Waals surface area (Å²) in [5.41, 5.74) is 2.56. The van der Waals surface area contributed by atoms with Crippen LogP contribution in [0.15, 0.2) is 24.3 Å². The van der Waals surface area contributed by atoms with E-state index >= 15 is 0 Å². The summed E-state index contributed by atoms with van der Waals surface area (Å²) >= 11 is 5.95. The quantitative estimate of drug-likeness (QED) is 0.536. The van der Waals surface area contributed by atoms with Gasteiger partial charge in [-0.2, -0.15) is 21.9 Å². The molecule has 1 aromatic carbocycles. The van der Waals surface area contributed by atoms with Gasteiger partial charge in [-0.3, -0.25) is 0 Å². The smallest absolute Gasteiger partial charge is 0.435 e. The monoisotopic (exact) mass is 396 g/mol. The number of hydrogen-bond acceptors (Lipinski definition) is 4. The first-order valence-electron chi connectivity index (χ1n) is 9.19. The molecule has 2 rings (SSSR count). The average molecular weight is 397 g/mol. The van der Waals surface area contributed by atoms with Gasteiger partial charge in [0.2, 0.25) is 0 Å². The number of quaternary nitrogens is 1. The van der Waals surface area contributed by atoms with Crippen molar-refractivity contribution >= 4 is 36.4 Å². The van der Waals surface area contributed by atoms with Crippen molar-refractivity contribution in [2.75, 3.05) is 12.3 Å². The largest absolute Gasteiger partial charge is 0.521 e. The molecular weight excluding hydrogens is 366 g/mol. The third-order valence-corrected chi connectivity index (χ3v) is 7.27. The molecular formula is C20H30NO3S2+. The number of carbonyl (C=O) groups is 2. The minimum atomic E-state index is -1.03. The maximum absolute atomic E-state index is 12.8. The summed E-state index contributed by atoms with van der Waals surface area (Å²) in [5, 5.41) is 10.0. The van der Waals surface area contributed by atoms with E-state index in [2.05, 4.69) is 50.7 Å². The number of carboxylic acid groups (broad SMARTS) is 1. The molecule has 1 aromatic rings. The lowest BCUT2D eigenvalue weighted by Gasteiger charge is -2.31. The van der Waals surface area contributed by atoms with Gasteiger partial charge >= 0.3 is 12.0 Å². The van der Waals surface area contributed by atoms with Gasteiger partial charge in [-0.05, 0) is 30.9 Å². The normalized spacial score (nSPS) is 26.8. The van der Waals surface area contributed by atoms with Crippen molar-refractivity contribution in [2.45, 2.75) is 57.1 Å². The second-order valence-electron chi connectivity index (χ2n) is 7.67. The van der Waals surface area contributed by atoms with Crippen LogP contribution in [0.5, 0.6) is 0 Å². The predicted molar refractivity (Wildman–Crippen MR) is 111 cm³/mol. The van der Waals surface area contributed by atoms with Crippen LogP contribution >= 0.6 is 24.4 Å². The fourth-order valence-corrected chi connectivity index (χ4v) is 5.14. The molecule has 144 valence electrons. The number of carbonyl (C=O) groups excluding carboxylic acids is 1. The van der Waals surface area contributed by atoms with Crippen LogP contribution < -0.4 is 0 Å². The molecule has 0 aliphatic carbocycles. The van der Waals surface area contributed by atoms with Crippen LogP contribution in [0.3, 0.4) is 0 Å². The summed E-state index contributed by atoms with van der Waals surface area (Å²) < 4.78 is -0.453. The minimum Gasteiger partial charge on any atom is -0.435 e. The van der Waals surface area contributed by atoms with Crippen LogP contribution in [0.25, 0.3) is 0 Å². The second-order valence-corrected chi connectivity index (χ2v) is 9.32. The number of nitrogens with zero attached hydrogens (tertiary/aromatic N) is 1. The zero-order valence-electron chi connectivity index (χ0n) is 16.0. The highest BCUT2D eigenvalue weighted by Gasteiger charge is 2.57. The number of amides is 2. The SMILES string of the molecule is CC(C)c1ccc(CS[C@@H]2CC(C)[N+](C(=O)O)(C(=O)[C@H](C)CS)C2)cc1. The van der Waals surface area contributed by atoms with E-state index in [0.717, 1.165) is 12.2 Å². The predicted octanol–water partition coefficient (Wildman–Crippen LogP) is 4.79. The molecule has 2 unspecified atom stereocenters. The van der Waals surface area contributed by atoms with Crippen LogP contribution in [0.1, 0.15) is 51.2 Å². The van der Waals surface area contributed by atoms with Gasteiger partial charge in [-0.25, -0.2) is 4.79 Å². The Hall–Kier alpha value is -0.980. The third kappa shape index (κ3) is 4.29. The van der Waals surface area contributed by atoms with E-state index in [4.69, 9.17) is 0 Å². The molecule has 0 radical (unpaired) electrons. The topological polar surface area (TPSA) is 54.4 Å². The minimum absolute atomic E-state index is 0.168. The van der Waals surface area contributed by atoms with E-state index in [-0.39, 0.29) is 23.1 Å². The summed E-state index contributed by atoms with van der Waals surface area (Å²) in [6.45, 7) is 8.37. The molecule has 1 fully saturated rings. The Morgan fingerprint density at radius 1 is 1.27 bits per heavy atom. The van der Waals surface area contributed by atoms with Crippen molar-refractivity contribution in [1.82, 2.24) is 0 Å². The maximum atomic E-state index is 12.8. The summed E-state index contributed by atoms with van der Waals surface area (Å²) in [7, 11) is 0. The van der Waals surface area contributed by atoms with Crippen molar-refractivity contribution in [3.8, 4) is 0 Å². The molecule has 0 spiro atoms. The van der Waals surface area contributed by atoms with Gasteiger partial charge in [0.25, 0.3) is 0 Å². The molecule has 4 nitrogen and oxygen atoms in total. The number of thioether (sulfide) groups is 1. The molecule has 26 heavy (non-hydrogen) atoms. The first kappa shape index (κ1) is 21.3. The van der Waals surface area contributed by atoms with E-state index in [0.29, 0.717) is 18.2 Å². The molecule has 1 saturated heterocycles. The fraction of sp³-hybridized carbons (Fsp3) is 0.600. The van der Waals surface area contributed by atoms with Crippen LogP contribution in [-0.4, -0.2) is 45.2 Å². The number of imide groups is 1. The van der Waals surface area contributed by atoms with Gasteiger partial charge in [0.15, 0.2) is 0 Å². The summed E-state index contributed by atoms with van der Waals surface area (Å²) in [5.74, 6) is 1.15. The fourth-order valence-electron chi connectivity index (χ4n) is 3.61. The second kappa shape index (κ2) is 8.81. The van der Waals surface area contributed by atoms with E-state index in [1.54, 1.807) is 18.7 Å². The molecule has 6 heteroatoms. The van der Waals surface area contributed by atoms with Crippen molar-refractivity contribution < 1.29 is 19.2 Å². The lowest BCUT2D eigenvalue weighted by molar-refractivity contribution is -0.793. The molecule has 0 aromatic heterocycles. The first-order chi connectivity index (χ1) is 12.2. The standard InChI is InChI=1S/C20H29NO3S2/c1-13(2)17-7-5-16(6-8-17)12-26-18-9-15(4)21(10-18,20(23)24)19(22)14(3)11-25/h5-8,13-15,18H,9-12H2,1-4H3,(H-,23,24,25)/p+1/t14-,15?,18-,21?/m1/s1. The number of hydrogen-bond donors (Lipinski definition) is 2. The number of likely N-dealkylation sites (tertiary alicyclic amines) is 1. The molecule has 0 bridgehead atoms. The Labute approximate surface area is 166 Å². The van der Waals surface area contributed by atoms with Crippen molar-refractivity contribution in [1.29, 1.82) is 0 Å². The molecule has 1 N–H and O–H groups in total. The van der Waals surface area contributed by atoms with Crippen LogP contribution in [0.4, 0.5) is 4.79 Å². The Balaban J connectivity index is 2.06. The molecule has 1 aliphatic heterocycles. The van der Waals surface area contributed by atoms with Gasteiger partial charge < -0.3 is 5.11 Å². The zero-order valence-corrected chi connectivity index (χ0v) is 17.7. The summed E-state index contributed by atoms with van der Waals surface area (Å²) in [6, 6.07) is 8.41. The van der Waals surface area contributed by atoms with Crippen molar-refractivity contribution in [2.24, 2.45) is 5.92 Å². The highest BCUT2D eigenvalue weighted by molar-refractivity contribution is 7.99. The highest BCUT2D eigenvalue weighted by Crippen LogP contribution is 2.37. The average Bonchev–Trinajstić information content (AvgIpc) is 2.96. The van der Waals surface area contributed by atoms with E-state index in [1.807, 2.05) is 6.92 Å². The van der Waals surface area contributed by atoms with Gasteiger partial charge in [0, 0.05) is 17.9 Å². The lowest BCUT2D eigenvalue weighted by atomic mass is 10.0.